The van der Waals surface area contributed by atoms with Gasteiger partial charge in [0.1, 0.15) is 5.75 Å². The third kappa shape index (κ3) is 5.59. The summed E-state index contributed by atoms with van der Waals surface area (Å²) in [5, 5.41) is 6.21. The normalized spacial score (nSPS) is 15.8. The summed E-state index contributed by atoms with van der Waals surface area (Å²) in [4.78, 5) is 14.0. The first-order valence-corrected chi connectivity index (χ1v) is 7.22. The second-order valence-corrected chi connectivity index (χ2v) is 4.90. The molecule has 0 atom stereocenters. The number of carbonyl (C=O) groups excluding carboxylic acids is 1. The van der Waals surface area contributed by atoms with E-state index in [2.05, 4.69) is 15.5 Å². The van der Waals surface area contributed by atoms with Gasteiger partial charge in [-0.15, -0.1) is 0 Å². The van der Waals surface area contributed by atoms with Crippen molar-refractivity contribution >= 4 is 5.91 Å². The minimum Gasteiger partial charge on any atom is -0.484 e. The van der Waals surface area contributed by atoms with E-state index in [0.29, 0.717) is 6.54 Å². The van der Waals surface area contributed by atoms with Crippen LogP contribution in [0, 0.1) is 0 Å². The molecule has 2 N–H and O–H groups in total. The lowest BCUT2D eigenvalue weighted by atomic mass is 10.3. The smallest absolute Gasteiger partial charge is 0.257 e. The van der Waals surface area contributed by atoms with Gasteiger partial charge in [-0.05, 0) is 25.1 Å². The Kier molecular flexibility index (Phi) is 6.34. The Morgan fingerprint density at radius 2 is 2.00 bits per heavy atom. The van der Waals surface area contributed by atoms with Gasteiger partial charge in [0.15, 0.2) is 6.61 Å². The van der Waals surface area contributed by atoms with E-state index in [9.17, 15) is 4.79 Å². The number of amides is 1. The SMILES string of the molecule is O=C(COc1ccccc1)NCCCN1CCNCC1. The molecular weight excluding hydrogens is 254 g/mol. The Morgan fingerprint density at radius 3 is 2.75 bits per heavy atom. The van der Waals surface area contributed by atoms with Crippen LogP contribution < -0.4 is 15.4 Å². The maximum absolute atomic E-state index is 11.6. The number of benzene rings is 1. The van der Waals surface area contributed by atoms with Crippen LogP contribution in [0.3, 0.4) is 0 Å². The van der Waals surface area contributed by atoms with Crippen LogP contribution in [-0.4, -0.2) is 56.7 Å². The third-order valence-electron chi connectivity index (χ3n) is 3.30. The van der Waals surface area contributed by atoms with E-state index in [1.807, 2.05) is 30.3 Å². The van der Waals surface area contributed by atoms with Gasteiger partial charge in [-0.1, -0.05) is 18.2 Å². The van der Waals surface area contributed by atoms with Crippen molar-refractivity contribution in [3.05, 3.63) is 30.3 Å². The molecule has 0 radical (unpaired) electrons. The molecule has 1 saturated heterocycles. The summed E-state index contributed by atoms with van der Waals surface area (Å²) in [5.41, 5.74) is 0. The molecule has 1 heterocycles. The zero-order valence-corrected chi connectivity index (χ0v) is 11.8. The first kappa shape index (κ1) is 14.8. The Hall–Kier alpha value is -1.59. The fraction of sp³-hybridized carbons (Fsp3) is 0.533. The lowest BCUT2D eigenvalue weighted by molar-refractivity contribution is -0.123. The van der Waals surface area contributed by atoms with Crippen molar-refractivity contribution in [2.75, 3.05) is 45.9 Å². The Morgan fingerprint density at radius 1 is 1.25 bits per heavy atom. The van der Waals surface area contributed by atoms with Gasteiger partial charge in [0.25, 0.3) is 5.91 Å². The van der Waals surface area contributed by atoms with Crippen LogP contribution in [0.15, 0.2) is 30.3 Å². The van der Waals surface area contributed by atoms with Crippen LogP contribution >= 0.6 is 0 Å². The summed E-state index contributed by atoms with van der Waals surface area (Å²) in [5.74, 6) is 0.664. The molecular formula is C15H23N3O2. The van der Waals surface area contributed by atoms with Crippen molar-refractivity contribution < 1.29 is 9.53 Å². The fourth-order valence-electron chi connectivity index (χ4n) is 2.18. The van der Waals surface area contributed by atoms with Crippen molar-refractivity contribution in [2.24, 2.45) is 0 Å². The number of nitrogens with zero attached hydrogens (tertiary/aromatic N) is 1. The van der Waals surface area contributed by atoms with E-state index >= 15 is 0 Å². The average molecular weight is 277 g/mol. The summed E-state index contributed by atoms with van der Waals surface area (Å²) in [6.07, 6.45) is 0.983. The van der Waals surface area contributed by atoms with Crippen molar-refractivity contribution in [1.82, 2.24) is 15.5 Å². The monoisotopic (exact) mass is 277 g/mol. The highest BCUT2D eigenvalue weighted by Crippen LogP contribution is 2.07. The average Bonchev–Trinajstić information content (AvgIpc) is 2.52. The molecule has 5 nitrogen and oxygen atoms in total. The van der Waals surface area contributed by atoms with Crippen molar-refractivity contribution in [2.45, 2.75) is 6.42 Å². The van der Waals surface area contributed by atoms with Gasteiger partial charge in [0.05, 0.1) is 0 Å². The first-order chi connectivity index (χ1) is 9.84. The van der Waals surface area contributed by atoms with Crippen LogP contribution in [0.2, 0.25) is 0 Å². The zero-order valence-electron chi connectivity index (χ0n) is 11.8. The predicted molar refractivity (Wildman–Crippen MR) is 78.9 cm³/mol. The van der Waals surface area contributed by atoms with Crippen LogP contribution in [0.5, 0.6) is 5.75 Å². The van der Waals surface area contributed by atoms with Gasteiger partial charge in [0, 0.05) is 32.7 Å². The summed E-state index contributed by atoms with van der Waals surface area (Å²) in [7, 11) is 0. The Balaban J connectivity index is 1.51. The second kappa shape index (κ2) is 8.55. The summed E-state index contributed by atoms with van der Waals surface area (Å²) in [6.45, 7) is 6.17. The van der Waals surface area contributed by atoms with Gasteiger partial charge >= 0.3 is 0 Å². The molecule has 0 saturated carbocycles. The molecule has 1 fully saturated rings. The minimum absolute atomic E-state index is 0.0610. The van der Waals surface area contributed by atoms with Crippen LogP contribution in [0.25, 0.3) is 0 Å². The summed E-state index contributed by atoms with van der Waals surface area (Å²) < 4.78 is 5.38. The number of piperazine rings is 1. The molecule has 1 aromatic rings. The largest absolute Gasteiger partial charge is 0.484 e. The standard InChI is InChI=1S/C15H23N3O2/c19-15(13-20-14-5-2-1-3-6-14)17-7-4-10-18-11-8-16-9-12-18/h1-3,5-6,16H,4,7-13H2,(H,17,19). The van der Waals surface area contributed by atoms with Crippen molar-refractivity contribution in [1.29, 1.82) is 0 Å². The van der Waals surface area contributed by atoms with E-state index in [4.69, 9.17) is 4.74 Å². The molecule has 20 heavy (non-hydrogen) atoms. The molecule has 0 aliphatic carbocycles. The number of hydrogen-bond acceptors (Lipinski definition) is 4. The number of carbonyl (C=O) groups is 1. The maximum Gasteiger partial charge on any atom is 0.257 e. The highest BCUT2D eigenvalue weighted by molar-refractivity contribution is 5.77. The molecule has 2 rings (SSSR count). The van der Waals surface area contributed by atoms with Gasteiger partial charge < -0.3 is 20.3 Å². The molecule has 1 aliphatic heterocycles. The molecule has 0 spiro atoms. The molecule has 1 amide bonds. The maximum atomic E-state index is 11.6. The molecule has 1 aliphatic rings. The van der Waals surface area contributed by atoms with Crippen LogP contribution in [0.4, 0.5) is 0 Å². The van der Waals surface area contributed by atoms with Gasteiger partial charge in [-0.3, -0.25) is 4.79 Å². The zero-order chi connectivity index (χ0) is 14.0. The van der Waals surface area contributed by atoms with E-state index in [-0.39, 0.29) is 12.5 Å². The van der Waals surface area contributed by atoms with E-state index < -0.39 is 0 Å². The molecule has 1 aromatic carbocycles. The van der Waals surface area contributed by atoms with Crippen LogP contribution in [-0.2, 0) is 4.79 Å². The summed E-state index contributed by atoms with van der Waals surface area (Å²) in [6, 6.07) is 9.39. The molecule has 0 aromatic heterocycles. The number of rotatable bonds is 7. The molecule has 110 valence electrons. The van der Waals surface area contributed by atoms with Gasteiger partial charge in [0.2, 0.25) is 0 Å². The van der Waals surface area contributed by atoms with E-state index in [1.165, 1.54) is 0 Å². The lowest BCUT2D eigenvalue weighted by Crippen LogP contribution is -2.44. The highest BCUT2D eigenvalue weighted by Gasteiger charge is 2.08. The third-order valence-corrected chi connectivity index (χ3v) is 3.30. The Bertz CT molecular complexity index is 391. The quantitative estimate of drug-likeness (QED) is 0.712. The van der Waals surface area contributed by atoms with Crippen molar-refractivity contribution in [3.63, 3.8) is 0 Å². The van der Waals surface area contributed by atoms with Crippen LogP contribution in [0.1, 0.15) is 6.42 Å². The fourth-order valence-corrected chi connectivity index (χ4v) is 2.18. The van der Waals surface area contributed by atoms with E-state index in [0.717, 1.165) is 44.9 Å². The molecule has 0 bridgehead atoms. The predicted octanol–water partition coefficient (Wildman–Crippen LogP) is 0.477. The van der Waals surface area contributed by atoms with E-state index in [1.54, 1.807) is 0 Å². The number of para-hydroxylation sites is 1. The number of ether oxygens (including phenoxy) is 1. The number of nitrogens with one attached hydrogen (secondary N) is 2. The van der Waals surface area contributed by atoms with Gasteiger partial charge in [-0.2, -0.15) is 0 Å². The lowest BCUT2D eigenvalue weighted by Gasteiger charge is -2.27. The molecule has 5 heteroatoms. The minimum atomic E-state index is -0.0610. The second-order valence-electron chi connectivity index (χ2n) is 4.90. The number of hydrogen-bond donors (Lipinski definition) is 2. The summed E-state index contributed by atoms with van der Waals surface area (Å²) >= 11 is 0. The highest BCUT2D eigenvalue weighted by atomic mass is 16.5. The topological polar surface area (TPSA) is 53.6 Å². The van der Waals surface area contributed by atoms with Gasteiger partial charge in [-0.25, -0.2) is 0 Å². The first-order valence-electron chi connectivity index (χ1n) is 7.22. The Labute approximate surface area is 120 Å². The molecule has 0 unspecified atom stereocenters. The van der Waals surface area contributed by atoms with Crippen molar-refractivity contribution in [3.8, 4) is 5.75 Å².